The van der Waals surface area contributed by atoms with Crippen molar-refractivity contribution in [1.29, 1.82) is 0 Å². The van der Waals surface area contributed by atoms with Crippen LogP contribution < -0.4 is 9.47 Å². The average molecular weight is 284 g/mol. The van der Waals surface area contributed by atoms with Crippen LogP contribution in [0, 0.1) is 0 Å². The van der Waals surface area contributed by atoms with Gasteiger partial charge in [-0.15, -0.1) is 0 Å². The first-order valence-electron chi connectivity index (χ1n) is 7.18. The highest BCUT2D eigenvalue weighted by molar-refractivity contribution is 5.51. The summed E-state index contributed by atoms with van der Waals surface area (Å²) in [5.41, 5.74) is 3.59. The first-order chi connectivity index (χ1) is 10.2. The summed E-state index contributed by atoms with van der Waals surface area (Å²) in [6, 6.07) is 14.4. The zero-order chi connectivity index (χ0) is 14.8. The monoisotopic (exact) mass is 284 g/mol. The molecule has 0 unspecified atom stereocenters. The lowest BCUT2D eigenvalue weighted by Crippen LogP contribution is -2.24. The van der Waals surface area contributed by atoms with E-state index < -0.39 is 0 Å². The molecule has 0 saturated carbocycles. The van der Waals surface area contributed by atoms with E-state index in [2.05, 4.69) is 25.1 Å². The predicted molar refractivity (Wildman–Crippen MR) is 82.1 cm³/mol. The molecule has 3 nitrogen and oxygen atoms in total. The zero-order valence-electron chi connectivity index (χ0n) is 12.6. The highest BCUT2D eigenvalue weighted by atomic mass is 16.5. The summed E-state index contributed by atoms with van der Waals surface area (Å²) in [6.45, 7) is 2.11. The second-order valence-corrected chi connectivity index (χ2v) is 5.35. The minimum atomic E-state index is -0.0512. The van der Waals surface area contributed by atoms with Gasteiger partial charge in [0.25, 0.3) is 0 Å². The molecule has 1 aliphatic rings. The number of rotatable bonds is 3. The van der Waals surface area contributed by atoms with Crippen LogP contribution in [0.1, 0.15) is 29.7 Å². The van der Waals surface area contributed by atoms with Gasteiger partial charge in [-0.2, -0.15) is 0 Å². The molecule has 2 aromatic rings. The van der Waals surface area contributed by atoms with Gasteiger partial charge in [-0.3, -0.25) is 0 Å². The SMILES string of the molecule is COc1cc2c(cc1OC)[C@H](c1ccccc1)O[C@@H](C)C2. The van der Waals surface area contributed by atoms with Crippen molar-refractivity contribution < 1.29 is 14.2 Å². The van der Waals surface area contributed by atoms with Crippen LogP contribution >= 0.6 is 0 Å². The zero-order valence-corrected chi connectivity index (χ0v) is 12.6. The second kappa shape index (κ2) is 5.78. The van der Waals surface area contributed by atoms with Gasteiger partial charge in [-0.25, -0.2) is 0 Å². The van der Waals surface area contributed by atoms with E-state index >= 15 is 0 Å². The standard InChI is InChI=1S/C18H20O3/c1-12-9-14-10-16(19-2)17(20-3)11-15(14)18(21-12)13-7-5-4-6-8-13/h4-8,10-12,18H,9H2,1-3H3/t12-,18-/m0/s1. The highest BCUT2D eigenvalue weighted by Crippen LogP contribution is 2.40. The fourth-order valence-electron chi connectivity index (χ4n) is 2.91. The lowest BCUT2D eigenvalue weighted by molar-refractivity contribution is 0.00706. The number of benzene rings is 2. The molecule has 0 saturated heterocycles. The van der Waals surface area contributed by atoms with Crippen LogP contribution in [0.25, 0.3) is 0 Å². The molecule has 0 radical (unpaired) electrons. The van der Waals surface area contributed by atoms with Crippen molar-refractivity contribution in [3.8, 4) is 11.5 Å². The highest BCUT2D eigenvalue weighted by Gasteiger charge is 2.28. The number of hydrogen-bond donors (Lipinski definition) is 0. The number of fused-ring (bicyclic) bond motifs is 1. The smallest absolute Gasteiger partial charge is 0.161 e. The molecule has 1 aliphatic heterocycles. The fourth-order valence-corrected chi connectivity index (χ4v) is 2.91. The van der Waals surface area contributed by atoms with Crippen molar-refractivity contribution in [2.24, 2.45) is 0 Å². The summed E-state index contributed by atoms with van der Waals surface area (Å²) < 4.78 is 17.0. The van der Waals surface area contributed by atoms with Crippen LogP contribution in [0.15, 0.2) is 42.5 Å². The number of hydrogen-bond acceptors (Lipinski definition) is 3. The van der Waals surface area contributed by atoms with Gasteiger partial charge in [-0.1, -0.05) is 30.3 Å². The van der Waals surface area contributed by atoms with Crippen LogP contribution in [-0.4, -0.2) is 20.3 Å². The van der Waals surface area contributed by atoms with Gasteiger partial charge in [-0.05, 0) is 42.2 Å². The van der Waals surface area contributed by atoms with Crippen LogP contribution in [0.3, 0.4) is 0 Å². The fraction of sp³-hybridized carbons (Fsp3) is 0.333. The molecule has 0 spiro atoms. The van der Waals surface area contributed by atoms with E-state index in [1.807, 2.05) is 24.3 Å². The Morgan fingerprint density at radius 2 is 1.67 bits per heavy atom. The maximum atomic E-state index is 6.18. The molecular weight excluding hydrogens is 264 g/mol. The Morgan fingerprint density at radius 3 is 2.33 bits per heavy atom. The van der Waals surface area contributed by atoms with E-state index in [0.29, 0.717) is 0 Å². The molecule has 0 fully saturated rings. The first-order valence-corrected chi connectivity index (χ1v) is 7.18. The largest absolute Gasteiger partial charge is 0.493 e. The van der Waals surface area contributed by atoms with E-state index in [9.17, 15) is 0 Å². The Morgan fingerprint density at radius 1 is 1.00 bits per heavy atom. The van der Waals surface area contributed by atoms with E-state index in [0.717, 1.165) is 29.0 Å². The quantitative estimate of drug-likeness (QED) is 0.859. The normalized spacial score (nSPS) is 20.7. The van der Waals surface area contributed by atoms with Gasteiger partial charge in [0.15, 0.2) is 11.5 Å². The predicted octanol–water partition coefficient (Wildman–Crippen LogP) is 3.75. The molecule has 2 atom stereocenters. The van der Waals surface area contributed by atoms with Crippen LogP contribution in [-0.2, 0) is 11.2 Å². The summed E-state index contributed by atoms with van der Waals surface area (Å²) in [5, 5.41) is 0. The summed E-state index contributed by atoms with van der Waals surface area (Å²) in [7, 11) is 3.33. The Kier molecular flexibility index (Phi) is 3.84. The molecule has 21 heavy (non-hydrogen) atoms. The molecule has 3 rings (SSSR count). The van der Waals surface area contributed by atoms with Crippen molar-refractivity contribution in [2.75, 3.05) is 14.2 Å². The van der Waals surface area contributed by atoms with Gasteiger partial charge < -0.3 is 14.2 Å². The molecule has 2 aromatic carbocycles. The molecule has 0 amide bonds. The molecule has 0 bridgehead atoms. The average Bonchev–Trinajstić information content (AvgIpc) is 2.53. The van der Waals surface area contributed by atoms with Crippen molar-refractivity contribution >= 4 is 0 Å². The first kappa shape index (κ1) is 14.0. The van der Waals surface area contributed by atoms with E-state index in [1.54, 1.807) is 14.2 Å². The van der Waals surface area contributed by atoms with Crippen molar-refractivity contribution in [1.82, 2.24) is 0 Å². The Balaban J connectivity index is 2.11. The van der Waals surface area contributed by atoms with E-state index in [4.69, 9.17) is 14.2 Å². The lowest BCUT2D eigenvalue weighted by Gasteiger charge is -2.31. The third kappa shape index (κ3) is 2.61. The molecule has 110 valence electrons. The summed E-state index contributed by atoms with van der Waals surface area (Å²) in [5.74, 6) is 1.52. The minimum absolute atomic E-state index is 0.0512. The Hall–Kier alpha value is -2.00. The van der Waals surface area contributed by atoms with Gasteiger partial charge in [0.05, 0.1) is 20.3 Å². The van der Waals surface area contributed by atoms with E-state index in [1.165, 1.54) is 5.56 Å². The third-order valence-electron chi connectivity index (χ3n) is 3.91. The van der Waals surface area contributed by atoms with Crippen molar-refractivity contribution in [3.63, 3.8) is 0 Å². The van der Waals surface area contributed by atoms with Gasteiger partial charge >= 0.3 is 0 Å². The summed E-state index contributed by atoms with van der Waals surface area (Å²) >= 11 is 0. The van der Waals surface area contributed by atoms with Gasteiger partial charge in [0.1, 0.15) is 6.10 Å². The minimum Gasteiger partial charge on any atom is -0.493 e. The van der Waals surface area contributed by atoms with Crippen molar-refractivity contribution in [2.45, 2.75) is 25.6 Å². The van der Waals surface area contributed by atoms with Crippen molar-refractivity contribution in [3.05, 3.63) is 59.2 Å². The molecular formula is C18H20O3. The van der Waals surface area contributed by atoms with Crippen LogP contribution in [0.2, 0.25) is 0 Å². The third-order valence-corrected chi connectivity index (χ3v) is 3.91. The lowest BCUT2D eigenvalue weighted by atomic mass is 9.90. The Labute approximate surface area is 125 Å². The topological polar surface area (TPSA) is 27.7 Å². The molecule has 0 aliphatic carbocycles. The van der Waals surface area contributed by atoms with Gasteiger partial charge in [0, 0.05) is 0 Å². The van der Waals surface area contributed by atoms with Crippen LogP contribution in [0.4, 0.5) is 0 Å². The molecule has 3 heteroatoms. The second-order valence-electron chi connectivity index (χ2n) is 5.35. The van der Waals surface area contributed by atoms with Crippen LogP contribution in [0.5, 0.6) is 11.5 Å². The maximum Gasteiger partial charge on any atom is 0.161 e. The van der Waals surface area contributed by atoms with E-state index in [-0.39, 0.29) is 12.2 Å². The molecule has 0 N–H and O–H groups in total. The maximum absolute atomic E-state index is 6.18. The summed E-state index contributed by atoms with van der Waals surface area (Å²) in [4.78, 5) is 0. The summed E-state index contributed by atoms with van der Waals surface area (Å²) in [6.07, 6.45) is 1.02. The number of ether oxygens (including phenoxy) is 3. The Bertz CT molecular complexity index is 622. The van der Waals surface area contributed by atoms with Gasteiger partial charge in [0.2, 0.25) is 0 Å². The number of methoxy groups -OCH3 is 2. The molecule has 0 aromatic heterocycles. The molecule has 1 heterocycles.